The summed E-state index contributed by atoms with van der Waals surface area (Å²) in [4.78, 5) is 4.77. The Bertz CT molecular complexity index is 1540. The first-order valence-electron chi connectivity index (χ1n) is 12.0. The van der Waals surface area contributed by atoms with E-state index in [4.69, 9.17) is 26.1 Å². The van der Waals surface area contributed by atoms with Gasteiger partial charge in [0.25, 0.3) is 0 Å². The molecule has 1 heterocycles. The second-order valence-corrected chi connectivity index (χ2v) is 10.1. The van der Waals surface area contributed by atoms with Crippen molar-refractivity contribution in [1.29, 1.82) is 0 Å². The number of ether oxygens (including phenoxy) is 2. The fraction of sp³-hybridized carbons (Fsp3) is 0.167. The van der Waals surface area contributed by atoms with Gasteiger partial charge in [0, 0.05) is 23.4 Å². The molecule has 0 aliphatic carbocycles. The van der Waals surface area contributed by atoms with Crippen LogP contribution in [0.15, 0.2) is 78.9 Å². The molecule has 5 rings (SSSR count). The maximum atomic E-state index is 13.3. The number of hydrogen-bond donors (Lipinski definition) is 1. The molecule has 0 aliphatic heterocycles. The summed E-state index contributed by atoms with van der Waals surface area (Å²) in [6.07, 6.45) is 0. The van der Waals surface area contributed by atoms with Crippen LogP contribution in [0.2, 0.25) is 5.02 Å². The zero-order valence-corrected chi connectivity index (χ0v) is 22.1. The first-order valence-corrected chi connectivity index (χ1v) is 13.2. The zero-order chi connectivity index (χ0) is 25.8. The van der Waals surface area contributed by atoms with Crippen molar-refractivity contribution >= 4 is 38.8 Å². The number of benzene rings is 4. The molecule has 37 heavy (non-hydrogen) atoms. The van der Waals surface area contributed by atoms with Crippen LogP contribution in [0.25, 0.3) is 20.8 Å². The number of aromatic nitrogens is 1. The molecular formula is C30H26ClFN2O2S. The van der Waals surface area contributed by atoms with Crippen LogP contribution >= 0.6 is 22.9 Å². The lowest BCUT2D eigenvalue weighted by molar-refractivity contribution is 0.269. The largest absolute Gasteiger partial charge is 0.490 e. The number of hydrogen-bond acceptors (Lipinski definition) is 5. The lowest BCUT2D eigenvalue weighted by Gasteiger charge is -2.15. The van der Waals surface area contributed by atoms with Gasteiger partial charge in [-0.2, -0.15) is 0 Å². The molecule has 5 aromatic rings. The molecule has 0 fully saturated rings. The van der Waals surface area contributed by atoms with Crippen LogP contribution in [0.5, 0.6) is 11.5 Å². The molecule has 0 aliphatic rings. The Morgan fingerprint density at radius 1 is 0.919 bits per heavy atom. The lowest BCUT2D eigenvalue weighted by Crippen LogP contribution is -2.03. The van der Waals surface area contributed by atoms with E-state index in [1.54, 1.807) is 17.4 Å². The van der Waals surface area contributed by atoms with Gasteiger partial charge in [0.1, 0.15) is 17.4 Å². The second-order valence-electron chi connectivity index (χ2n) is 8.66. The number of fused-ring (bicyclic) bond motifs is 1. The van der Waals surface area contributed by atoms with Crippen molar-refractivity contribution in [2.45, 2.75) is 27.0 Å². The van der Waals surface area contributed by atoms with E-state index in [2.05, 4.69) is 54.7 Å². The zero-order valence-electron chi connectivity index (χ0n) is 20.6. The predicted molar refractivity (Wildman–Crippen MR) is 150 cm³/mol. The van der Waals surface area contributed by atoms with Crippen LogP contribution in [0.3, 0.4) is 0 Å². The summed E-state index contributed by atoms with van der Waals surface area (Å²) in [5.41, 5.74) is 6.16. The van der Waals surface area contributed by atoms with Crippen LogP contribution in [0.4, 0.5) is 10.1 Å². The third-order valence-corrected chi connectivity index (χ3v) is 7.30. The number of nitrogens with one attached hydrogen (secondary N) is 1. The number of aryl methyl sites for hydroxylation is 1. The summed E-state index contributed by atoms with van der Waals surface area (Å²) in [7, 11) is 0. The Balaban J connectivity index is 1.24. The van der Waals surface area contributed by atoms with Crippen molar-refractivity contribution in [1.82, 2.24) is 4.98 Å². The summed E-state index contributed by atoms with van der Waals surface area (Å²) in [6.45, 7) is 5.39. The first kappa shape index (κ1) is 25.1. The van der Waals surface area contributed by atoms with Gasteiger partial charge >= 0.3 is 0 Å². The average Bonchev–Trinajstić information content (AvgIpc) is 3.31. The lowest BCUT2D eigenvalue weighted by atomic mass is 10.1. The van der Waals surface area contributed by atoms with Crippen LogP contribution in [-0.2, 0) is 13.2 Å². The SMILES string of the molecule is CCOc1cc(CNc2ccc(-c3nc4ccc(C)cc4s3)cc2)ccc1OCc1ccc(F)cc1Cl. The highest BCUT2D eigenvalue weighted by Crippen LogP contribution is 2.32. The fourth-order valence-corrected chi connectivity index (χ4v) is 5.23. The van der Waals surface area contributed by atoms with Gasteiger partial charge in [0.15, 0.2) is 11.5 Å². The summed E-state index contributed by atoms with van der Waals surface area (Å²) >= 11 is 7.84. The minimum Gasteiger partial charge on any atom is -0.490 e. The molecule has 4 nitrogen and oxygen atoms in total. The molecule has 0 spiro atoms. The number of thiazole rings is 1. The predicted octanol–water partition coefficient (Wildman–Crippen LogP) is 8.65. The standard InChI is InChI=1S/C30H26ClFN2O2S/c1-3-35-28-15-20(5-13-27(28)36-18-22-6-9-23(32)16-25(22)31)17-33-24-10-7-21(8-11-24)30-34-26-12-4-19(2)14-29(26)37-30/h4-16,33H,3,17-18H2,1-2H3. The van der Waals surface area contributed by atoms with Crippen LogP contribution in [0.1, 0.15) is 23.6 Å². The molecule has 0 radical (unpaired) electrons. The molecular weight excluding hydrogens is 507 g/mol. The first-order chi connectivity index (χ1) is 18.0. The topological polar surface area (TPSA) is 43.4 Å². The molecule has 0 amide bonds. The van der Waals surface area contributed by atoms with Gasteiger partial charge in [-0.3, -0.25) is 0 Å². The van der Waals surface area contributed by atoms with E-state index in [-0.39, 0.29) is 12.4 Å². The molecule has 1 aromatic heterocycles. The normalized spacial score (nSPS) is 11.0. The van der Waals surface area contributed by atoms with E-state index in [1.165, 1.54) is 22.4 Å². The molecule has 188 valence electrons. The number of anilines is 1. The third kappa shape index (κ3) is 6.04. The third-order valence-electron chi connectivity index (χ3n) is 5.88. The minimum absolute atomic E-state index is 0.220. The molecule has 0 saturated heterocycles. The Kier molecular flexibility index (Phi) is 7.58. The Hall–Kier alpha value is -3.61. The van der Waals surface area contributed by atoms with Crippen LogP contribution in [-0.4, -0.2) is 11.6 Å². The van der Waals surface area contributed by atoms with E-state index in [0.717, 1.165) is 27.3 Å². The molecule has 4 aromatic carbocycles. The van der Waals surface area contributed by atoms with Gasteiger partial charge in [-0.25, -0.2) is 9.37 Å². The minimum atomic E-state index is -0.373. The van der Waals surface area contributed by atoms with Gasteiger partial charge < -0.3 is 14.8 Å². The Morgan fingerprint density at radius 2 is 1.76 bits per heavy atom. The van der Waals surface area contributed by atoms with Gasteiger partial charge in [0.2, 0.25) is 0 Å². The van der Waals surface area contributed by atoms with E-state index >= 15 is 0 Å². The quantitative estimate of drug-likeness (QED) is 0.206. The summed E-state index contributed by atoms with van der Waals surface area (Å²) in [5, 5.41) is 4.82. The van der Waals surface area contributed by atoms with Crippen molar-refractivity contribution in [3.05, 3.63) is 106 Å². The monoisotopic (exact) mass is 532 g/mol. The van der Waals surface area contributed by atoms with Gasteiger partial charge in [-0.15, -0.1) is 11.3 Å². The average molecular weight is 533 g/mol. The summed E-state index contributed by atoms with van der Waals surface area (Å²) in [6, 6.07) is 24.8. The summed E-state index contributed by atoms with van der Waals surface area (Å²) in [5.74, 6) is 0.893. The number of halogens is 2. The van der Waals surface area contributed by atoms with E-state index in [0.29, 0.717) is 35.2 Å². The molecule has 0 saturated carbocycles. The molecule has 0 unspecified atom stereocenters. The molecule has 0 bridgehead atoms. The number of rotatable bonds is 9. The van der Waals surface area contributed by atoms with Crippen LogP contribution < -0.4 is 14.8 Å². The Morgan fingerprint density at radius 3 is 2.54 bits per heavy atom. The smallest absolute Gasteiger partial charge is 0.161 e. The second kappa shape index (κ2) is 11.2. The molecule has 0 atom stereocenters. The van der Waals surface area contributed by atoms with Crippen LogP contribution in [0, 0.1) is 12.7 Å². The van der Waals surface area contributed by atoms with Crippen molar-refractivity contribution in [3.8, 4) is 22.1 Å². The molecule has 7 heteroatoms. The number of nitrogens with zero attached hydrogens (tertiary/aromatic N) is 1. The summed E-state index contributed by atoms with van der Waals surface area (Å²) < 4.78 is 26.3. The van der Waals surface area contributed by atoms with Crippen molar-refractivity contribution < 1.29 is 13.9 Å². The van der Waals surface area contributed by atoms with Crippen molar-refractivity contribution in [3.63, 3.8) is 0 Å². The van der Waals surface area contributed by atoms with Gasteiger partial charge in [0.05, 0.1) is 21.8 Å². The van der Waals surface area contributed by atoms with Crippen molar-refractivity contribution in [2.75, 3.05) is 11.9 Å². The van der Waals surface area contributed by atoms with E-state index < -0.39 is 0 Å². The van der Waals surface area contributed by atoms with Gasteiger partial charge in [-0.05, 0) is 85.6 Å². The highest BCUT2D eigenvalue weighted by atomic mass is 35.5. The van der Waals surface area contributed by atoms with Gasteiger partial charge in [-0.1, -0.05) is 29.8 Å². The van der Waals surface area contributed by atoms with E-state index in [9.17, 15) is 4.39 Å². The highest BCUT2D eigenvalue weighted by molar-refractivity contribution is 7.21. The highest BCUT2D eigenvalue weighted by Gasteiger charge is 2.10. The maximum absolute atomic E-state index is 13.3. The fourth-order valence-electron chi connectivity index (χ4n) is 3.93. The van der Waals surface area contributed by atoms with E-state index in [1.807, 2.05) is 25.1 Å². The Labute approximate surface area is 224 Å². The molecule has 1 N–H and O–H groups in total. The maximum Gasteiger partial charge on any atom is 0.161 e. The van der Waals surface area contributed by atoms with Crippen molar-refractivity contribution in [2.24, 2.45) is 0 Å².